The van der Waals surface area contributed by atoms with Crippen molar-refractivity contribution in [3.8, 4) is 0 Å². The van der Waals surface area contributed by atoms with Gasteiger partial charge in [-0.15, -0.1) is 0 Å². The molecule has 0 aliphatic heterocycles. The Morgan fingerprint density at radius 3 is 2.36 bits per heavy atom. The second-order valence-corrected chi connectivity index (χ2v) is 3.22. The smallest absolute Gasteiger partial charge is 0.406 e. The second-order valence-electron chi connectivity index (χ2n) is 3.22. The predicted molar refractivity (Wildman–Crippen MR) is 52.9 cm³/mol. The van der Waals surface area contributed by atoms with E-state index in [0.29, 0.717) is 13.1 Å². The van der Waals surface area contributed by atoms with Crippen LogP contribution in [0.3, 0.4) is 0 Å². The molecule has 0 fully saturated rings. The minimum atomic E-state index is -0.475. The molecule has 0 aromatic carbocycles. The minimum Gasteiger partial charge on any atom is -0.453 e. The third-order valence-electron chi connectivity index (χ3n) is 1.84. The fourth-order valence-corrected chi connectivity index (χ4v) is 1.13. The molecule has 14 heavy (non-hydrogen) atoms. The summed E-state index contributed by atoms with van der Waals surface area (Å²) in [5.74, 6) is 0.00617. The lowest BCUT2D eigenvalue weighted by Gasteiger charge is -2.25. The van der Waals surface area contributed by atoms with Crippen LogP contribution >= 0.6 is 0 Å². The van der Waals surface area contributed by atoms with Crippen molar-refractivity contribution in [2.24, 2.45) is 0 Å². The Labute approximate surface area is 84.4 Å². The SMILES string of the molecule is COC(=O)NCCN(C(C)=O)C(C)C. The van der Waals surface area contributed by atoms with Gasteiger partial charge < -0.3 is 15.0 Å². The van der Waals surface area contributed by atoms with Crippen molar-refractivity contribution in [1.29, 1.82) is 0 Å². The number of hydrogen-bond donors (Lipinski definition) is 1. The average molecular weight is 202 g/mol. The molecule has 5 nitrogen and oxygen atoms in total. The zero-order valence-corrected chi connectivity index (χ0v) is 9.16. The van der Waals surface area contributed by atoms with Crippen molar-refractivity contribution in [3.05, 3.63) is 0 Å². The molecule has 0 heterocycles. The Balaban J connectivity index is 3.84. The Morgan fingerprint density at radius 1 is 1.43 bits per heavy atom. The van der Waals surface area contributed by atoms with Crippen LogP contribution in [0.25, 0.3) is 0 Å². The number of amides is 2. The Hall–Kier alpha value is -1.26. The number of carbonyl (C=O) groups excluding carboxylic acids is 2. The molecule has 5 heteroatoms. The summed E-state index contributed by atoms with van der Waals surface area (Å²) >= 11 is 0. The fraction of sp³-hybridized carbons (Fsp3) is 0.778. The molecule has 0 unspecified atom stereocenters. The van der Waals surface area contributed by atoms with E-state index in [4.69, 9.17) is 0 Å². The van der Waals surface area contributed by atoms with Gasteiger partial charge in [0, 0.05) is 26.1 Å². The highest BCUT2D eigenvalue weighted by molar-refractivity contribution is 5.73. The van der Waals surface area contributed by atoms with Crippen LogP contribution in [0.2, 0.25) is 0 Å². The van der Waals surface area contributed by atoms with E-state index in [9.17, 15) is 9.59 Å². The summed E-state index contributed by atoms with van der Waals surface area (Å²) in [6, 6.07) is 0.145. The summed E-state index contributed by atoms with van der Waals surface area (Å²) in [4.78, 5) is 23.5. The fourth-order valence-electron chi connectivity index (χ4n) is 1.13. The summed E-state index contributed by atoms with van der Waals surface area (Å²) in [5.41, 5.74) is 0. The molecule has 0 atom stereocenters. The van der Waals surface area contributed by atoms with E-state index in [1.165, 1.54) is 14.0 Å². The first-order valence-corrected chi connectivity index (χ1v) is 4.58. The number of alkyl carbamates (subject to hydrolysis) is 1. The molecular weight excluding hydrogens is 184 g/mol. The maximum absolute atomic E-state index is 11.1. The van der Waals surface area contributed by atoms with E-state index < -0.39 is 6.09 Å². The maximum Gasteiger partial charge on any atom is 0.406 e. The molecular formula is C9H18N2O3. The molecule has 0 aliphatic carbocycles. The zero-order chi connectivity index (χ0) is 11.1. The van der Waals surface area contributed by atoms with Crippen molar-refractivity contribution >= 4 is 12.0 Å². The lowest BCUT2D eigenvalue weighted by molar-refractivity contribution is -0.130. The van der Waals surface area contributed by atoms with Crippen LogP contribution in [-0.2, 0) is 9.53 Å². The van der Waals surface area contributed by atoms with E-state index in [1.807, 2.05) is 13.8 Å². The summed E-state index contributed by atoms with van der Waals surface area (Å²) in [5, 5.41) is 2.52. The maximum atomic E-state index is 11.1. The van der Waals surface area contributed by atoms with Crippen LogP contribution < -0.4 is 5.32 Å². The summed E-state index contributed by atoms with van der Waals surface area (Å²) in [6.07, 6.45) is -0.475. The molecule has 2 amide bonds. The van der Waals surface area contributed by atoms with Crippen LogP contribution in [-0.4, -0.2) is 43.1 Å². The van der Waals surface area contributed by atoms with Gasteiger partial charge in [0.1, 0.15) is 0 Å². The van der Waals surface area contributed by atoms with Crippen LogP contribution in [0.15, 0.2) is 0 Å². The molecule has 0 saturated carbocycles. The highest BCUT2D eigenvalue weighted by Crippen LogP contribution is 1.97. The molecule has 0 rings (SSSR count). The average Bonchev–Trinajstić information content (AvgIpc) is 2.10. The van der Waals surface area contributed by atoms with Crippen LogP contribution in [0, 0.1) is 0 Å². The minimum absolute atomic E-state index is 0.00617. The van der Waals surface area contributed by atoms with E-state index in [1.54, 1.807) is 4.90 Å². The monoisotopic (exact) mass is 202 g/mol. The molecule has 0 saturated heterocycles. The first-order chi connectivity index (χ1) is 6.49. The third kappa shape index (κ3) is 4.69. The predicted octanol–water partition coefficient (Wildman–Crippen LogP) is 0.599. The lowest BCUT2D eigenvalue weighted by Crippen LogP contribution is -2.41. The van der Waals surface area contributed by atoms with Gasteiger partial charge in [-0.3, -0.25) is 4.79 Å². The van der Waals surface area contributed by atoms with Crippen molar-refractivity contribution in [3.63, 3.8) is 0 Å². The number of carbonyl (C=O) groups is 2. The second kappa shape index (κ2) is 6.23. The van der Waals surface area contributed by atoms with Gasteiger partial charge in [-0.1, -0.05) is 0 Å². The Morgan fingerprint density at radius 2 is 2.00 bits per heavy atom. The number of rotatable bonds is 4. The Bertz CT molecular complexity index is 204. The van der Waals surface area contributed by atoms with Gasteiger partial charge in [-0.05, 0) is 13.8 Å². The molecule has 0 bridgehead atoms. The zero-order valence-electron chi connectivity index (χ0n) is 9.16. The number of nitrogens with one attached hydrogen (secondary N) is 1. The highest BCUT2D eigenvalue weighted by Gasteiger charge is 2.12. The summed E-state index contributed by atoms with van der Waals surface area (Å²) in [6.45, 7) is 6.28. The van der Waals surface area contributed by atoms with Crippen LogP contribution in [0.5, 0.6) is 0 Å². The van der Waals surface area contributed by atoms with Crippen molar-refractivity contribution in [2.45, 2.75) is 26.8 Å². The summed E-state index contributed by atoms with van der Waals surface area (Å²) in [7, 11) is 1.31. The highest BCUT2D eigenvalue weighted by atomic mass is 16.5. The number of ether oxygens (including phenoxy) is 1. The van der Waals surface area contributed by atoms with Crippen molar-refractivity contribution < 1.29 is 14.3 Å². The molecule has 0 aromatic heterocycles. The normalized spacial score (nSPS) is 9.79. The van der Waals surface area contributed by atoms with Gasteiger partial charge >= 0.3 is 6.09 Å². The first-order valence-electron chi connectivity index (χ1n) is 4.58. The largest absolute Gasteiger partial charge is 0.453 e. The quantitative estimate of drug-likeness (QED) is 0.726. The van der Waals surface area contributed by atoms with E-state index in [0.717, 1.165) is 0 Å². The summed E-state index contributed by atoms with van der Waals surface area (Å²) < 4.78 is 4.40. The van der Waals surface area contributed by atoms with Crippen LogP contribution in [0.4, 0.5) is 4.79 Å². The van der Waals surface area contributed by atoms with E-state index in [-0.39, 0.29) is 11.9 Å². The van der Waals surface area contributed by atoms with Crippen LogP contribution in [0.1, 0.15) is 20.8 Å². The standard InChI is InChI=1S/C9H18N2O3/c1-7(2)11(8(3)12)6-5-10-9(13)14-4/h7H,5-6H2,1-4H3,(H,10,13). The van der Waals surface area contributed by atoms with Crippen molar-refractivity contribution in [2.75, 3.05) is 20.2 Å². The van der Waals surface area contributed by atoms with Gasteiger partial charge in [0.25, 0.3) is 0 Å². The third-order valence-corrected chi connectivity index (χ3v) is 1.84. The van der Waals surface area contributed by atoms with Gasteiger partial charge in [-0.2, -0.15) is 0 Å². The molecule has 82 valence electrons. The first kappa shape index (κ1) is 12.7. The van der Waals surface area contributed by atoms with Gasteiger partial charge in [0.2, 0.25) is 5.91 Å². The molecule has 0 spiro atoms. The molecule has 0 aromatic rings. The molecule has 0 aliphatic rings. The lowest BCUT2D eigenvalue weighted by atomic mass is 10.3. The topological polar surface area (TPSA) is 58.6 Å². The van der Waals surface area contributed by atoms with Gasteiger partial charge in [-0.25, -0.2) is 4.79 Å². The Kier molecular flexibility index (Phi) is 5.67. The number of methoxy groups -OCH3 is 1. The van der Waals surface area contributed by atoms with Gasteiger partial charge in [0.15, 0.2) is 0 Å². The molecule has 1 N–H and O–H groups in total. The van der Waals surface area contributed by atoms with E-state index >= 15 is 0 Å². The van der Waals surface area contributed by atoms with Crippen molar-refractivity contribution in [1.82, 2.24) is 10.2 Å². The number of nitrogens with zero attached hydrogens (tertiary/aromatic N) is 1. The van der Waals surface area contributed by atoms with E-state index in [2.05, 4.69) is 10.1 Å². The van der Waals surface area contributed by atoms with Gasteiger partial charge in [0.05, 0.1) is 7.11 Å². The number of hydrogen-bond acceptors (Lipinski definition) is 3. The molecule has 0 radical (unpaired) electrons.